The molecular formula is C15H18O9. The standard InChI is InChI=1S/C15H18O9/c16-3-4-22-5-6-23-7-8-24-15(21)12-9-10(13(17)18)1-2-11(12)14(19)20/h1-2,9,16H,3-8H2,(H,17,18)(H,19,20). The van der Waals surface area contributed by atoms with Gasteiger partial charge in [-0.15, -0.1) is 0 Å². The van der Waals surface area contributed by atoms with E-state index in [-0.39, 0.29) is 56.3 Å². The molecule has 0 fully saturated rings. The smallest absolute Gasteiger partial charge is 0.339 e. The fourth-order valence-electron chi connectivity index (χ4n) is 1.69. The number of aliphatic hydroxyl groups is 1. The van der Waals surface area contributed by atoms with Gasteiger partial charge in [0.2, 0.25) is 0 Å². The Bertz CT molecular complexity index is 582. The third-order valence-electron chi connectivity index (χ3n) is 2.79. The molecule has 1 aromatic carbocycles. The number of esters is 1. The van der Waals surface area contributed by atoms with Gasteiger partial charge in [-0.3, -0.25) is 0 Å². The normalized spacial score (nSPS) is 10.4. The van der Waals surface area contributed by atoms with Crippen LogP contribution in [0.4, 0.5) is 0 Å². The maximum absolute atomic E-state index is 11.9. The van der Waals surface area contributed by atoms with Crippen molar-refractivity contribution in [3.63, 3.8) is 0 Å². The summed E-state index contributed by atoms with van der Waals surface area (Å²) < 4.78 is 14.9. The first-order valence-electron chi connectivity index (χ1n) is 7.01. The van der Waals surface area contributed by atoms with Gasteiger partial charge < -0.3 is 29.5 Å². The highest BCUT2D eigenvalue weighted by molar-refractivity contribution is 6.04. The fourth-order valence-corrected chi connectivity index (χ4v) is 1.69. The molecule has 9 heteroatoms. The molecule has 0 unspecified atom stereocenters. The van der Waals surface area contributed by atoms with E-state index in [9.17, 15) is 14.4 Å². The highest BCUT2D eigenvalue weighted by atomic mass is 16.6. The second-order valence-corrected chi connectivity index (χ2v) is 4.45. The third-order valence-corrected chi connectivity index (χ3v) is 2.79. The predicted octanol–water partition coefficient (Wildman–Crippen LogP) is 0.265. The van der Waals surface area contributed by atoms with Crippen LogP contribution in [0.1, 0.15) is 31.1 Å². The van der Waals surface area contributed by atoms with Crippen molar-refractivity contribution in [2.75, 3.05) is 39.6 Å². The van der Waals surface area contributed by atoms with E-state index in [0.717, 1.165) is 18.2 Å². The number of carbonyl (C=O) groups excluding carboxylic acids is 1. The van der Waals surface area contributed by atoms with E-state index in [2.05, 4.69) is 0 Å². The summed E-state index contributed by atoms with van der Waals surface area (Å²) in [6.45, 7) is 0.574. The molecule has 0 atom stereocenters. The molecule has 0 aromatic heterocycles. The van der Waals surface area contributed by atoms with Crippen molar-refractivity contribution in [1.82, 2.24) is 0 Å². The van der Waals surface area contributed by atoms with Crippen LogP contribution in [-0.4, -0.2) is 72.9 Å². The number of carbonyl (C=O) groups is 3. The molecule has 0 spiro atoms. The monoisotopic (exact) mass is 342 g/mol. The summed E-state index contributed by atoms with van der Waals surface area (Å²) in [5, 5.41) is 26.4. The fraction of sp³-hybridized carbons (Fsp3) is 0.400. The van der Waals surface area contributed by atoms with Crippen LogP contribution in [0.25, 0.3) is 0 Å². The highest BCUT2D eigenvalue weighted by Crippen LogP contribution is 2.14. The third kappa shape index (κ3) is 6.32. The minimum Gasteiger partial charge on any atom is -0.478 e. The summed E-state index contributed by atoms with van der Waals surface area (Å²) in [5.74, 6) is -3.60. The number of benzene rings is 1. The summed E-state index contributed by atoms with van der Waals surface area (Å²) in [4.78, 5) is 33.9. The highest BCUT2D eigenvalue weighted by Gasteiger charge is 2.20. The predicted molar refractivity (Wildman–Crippen MR) is 79.4 cm³/mol. The van der Waals surface area contributed by atoms with Crippen LogP contribution < -0.4 is 0 Å². The van der Waals surface area contributed by atoms with Gasteiger partial charge >= 0.3 is 17.9 Å². The van der Waals surface area contributed by atoms with Crippen molar-refractivity contribution in [2.45, 2.75) is 0 Å². The Kier molecular flexibility index (Phi) is 8.41. The molecule has 0 saturated heterocycles. The van der Waals surface area contributed by atoms with Gasteiger partial charge in [0.1, 0.15) is 6.61 Å². The number of hydrogen-bond acceptors (Lipinski definition) is 7. The second-order valence-electron chi connectivity index (χ2n) is 4.45. The number of ether oxygens (including phenoxy) is 3. The number of aliphatic hydroxyl groups excluding tert-OH is 1. The summed E-state index contributed by atoms with van der Waals surface area (Å²) in [5.41, 5.74) is -0.902. The molecular weight excluding hydrogens is 324 g/mol. The number of carboxylic acids is 2. The summed E-state index contributed by atoms with van der Waals surface area (Å²) in [6, 6.07) is 3.09. The Morgan fingerprint density at radius 1 is 0.833 bits per heavy atom. The Balaban J connectivity index is 2.53. The zero-order valence-corrected chi connectivity index (χ0v) is 12.8. The average Bonchev–Trinajstić information content (AvgIpc) is 2.56. The lowest BCUT2D eigenvalue weighted by atomic mass is 10.0. The van der Waals surface area contributed by atoms with E-state index >= 15 is 0 Å². The molecule has 1 aromatic rings. The first-order valence-corrected chi connectivity index (χ1v) is 7.01. The Morgan fingerprint density at radius 3 is 2.04 bits per heavy atom. The quantitative estimate of drug-likeness (QED) is 0.381. The molecule has 0 aliphatic rings. The van der Waals surface area contributed by atoms with Gasteiger partial charge in [-0.2, -0.15) is 0 Å². The molecule has 9 nitrogen and oxygen atoms in total. The van der Waals surface area contributed by atoms with Crippen LogP contribution in [0.5, 0.6) is 0 Å². The van der Waals surface area contributed by atoms with Crippen LogP contribution in [0, 0.1) is 0 Å². The van der Waals surface area contributed by atoms with Crippen LogP contribution in [0.3, 0.4) is 0 Å². The van der Waals surface area contributed by atoms with Crippen LogP contribution in [0.15, 0.2) is 18.2 Å². The van der Waals surface area contributed by atoms with Crippen LogP contribution in [0.2, 0.25) is 0 Å². The van der Waals surface area contributed by atoms with Crippen molar-refractivity contribution >= 4 is 17.9 Å². The van der Waals surface area contributed by atoms with Crippen molar-refractivity contribution in [2.24, 2.45) is 0 Å². The minimum absolute atomic E-state index is 0.0647. The van der Waals surface area contributed by atoms with Crippen molar-refractivity contribution in [3.05, 3.63) is 34.9 Å². The van der Waals surface area contributed by atoms with E-state index in [1.807, 2.05) is 0 Å². The molecule has 132 valence electrons. The molecule has 24 heavy (non-hydrogen) atoms. The van der Waals surface area contributed by atoms with Gasteiger partial charge in [-0.05, 0) is 18.2 Å². The van der Waals surface area contributed by atoms with Crippen molar-refractivity contribution in [1.29, 1.82) is 0 Å². The summed E-state index contributed by atoms with van der Waals surface area (Å²) >= 11 is 0. The van der Waals surface area contributed by atoms with Gasteiger partial charge in [0, 0.05) is 0 Å². The first kappa shape index (κ1) is 19.6. The van der Waals surface area contributed by atoms with Gasteiger partial charge in [0.15, 0.2) is 0 Å². The molecule has 0 heterocycles. The number of carboxylic acid groups (broad SMARTS) is 2. The zero-order valence-electron chi connectivity index (χ0n) is 12.8. The maximum atomic E-state index is 11.9. The van der Waals surface area contributed by atoms with Gasteiger partial charge in [-0.25, -0.2) is 14.4 Å². The van der Waals surface area contributed by atoms with Crippen molar-refractivity contribution < 1.29 is 43.9 Å². The van der Waals surface area contributed by atoms with E-state index in [1.165, 1.54) is 0 Å². The van der Waals surface area contributed by atoms with E-state index in [4.69, 9.17) is 29.5 Å². The van der Waals surface area contributed by atoms with Gasteiger partial charge in [0.05, 0.1) is 49.7 Å². The van der Waals surface area contributed by atoms with Gasteiger partial charge in [-0.1, -0.05) is 0 Å². The van der Waals surface area contributed by atoms with E-state index in [0.29, 0.717) is 0 Å². The molecule has 0 amide bonds. The zero-order chi connectivity index (χ0) is 17.9. The SMILES string of the molecule is O=C(O)c1ccc(C(=O)O)c(C(=O)OCCOCCOCCO)c1. The molecule has 3 N–H and O–H groups in total. The number of rotatable bonds is 11. The van der Waals surface area contributed by atoms with E-state index < -0.39 is 17.9 Å². The molecule has 1 rings (SSSR count). The number of aromatic carboxylic acids is 2. The van der Waals surface area contributed by atoms with E-state index in [1.54, 1.807) is 0 Å². The molecule has 0 radical (unpaired) electrons. The van der Waals surface area contributed by atoms with Crippen LogP contribution >= 0.6 is 0 Å². The van der Waals surface area contributed by atoms with Gasteiger partial charge in [0.25, 0.3) is 0 Å². The molecule has 0 bridgehead atoms. The maximum Gasteiger partial charge on any atom is 0.339 e. The minimum atomic E-state index is -1.36. The Labute approximate surface area is 137 Å². The second kappa shape index (κ2) is 10.3. The van der Waals surface area contributed by atoms with Crippen molar-refractivity contribution in [3.8, 4) is 0 Å². The first-order chi connectivity index (χ1) is 11.5. The Hall–Kier alpha value is -2.49. The number of hydrogen-bond donors (Lipinski definition) is 3. The lowest BCUT2D eigenvalue weighted by Gasteiger charge is -2.09. The summed E-state index contributed by atoms with van der Waals surface area (Å²) in [7, 11) is 0. The molecule has 0 saturated carbocycles. The Morgan fingerprint density at radius 2 is 1.46 bits per heavy atom. The largest absolute Gasteiger partial charge is 0.478 e. The average molecular weight is 342 g/mol. The molecule has 0 aliphatic carbocycles. The lowest BCUT2D eigenvalue weighted by molar-refractivity contribution is 0.00907. The summed E-state index contributed by atoms with van der Waals surface area (Å²) in [6.07, 6.45) is 0. The van der Waals surface area contributed by atoms with Crippen LogP contribution in [-0.2, 0) is 14.2 Å². The topological polar surface area (TPSA) is 140 Å². The molecule has 0 aliphatic heterocycles. The lowest BCUT2D eigenvalue weighted by Crippen LogP contribution is -2.16.